The number of piperazine rings is 1. The van der Waals surface area contributed by atoms with Gasteiger partial charge in [0.05, 0.1) is 12.2 Å². The molecule has 0 radical (unpaired) electrons. The molecule has 2 aromatic heterocycles. The Bertz CT molecular complexity index is 683. The Morgan fingerprint density at radius 3 is 2.48 bits per heavy atom. The molecule has 144 valence electrons. The molecule has 8 nitrogen and oxygen atoms in total. The van der Waals surface area contributed by atoms with Gasteiger partial charge in [-0.1, -0.05) is 6.07 Å². The smallest absolute Gasteiger partial charge is 0.225 e. The van der Waals surface area contributed by atoms with E-state index in [0.717, 1.165) is 63.4 Å². The number of aliphatic imine (C=N–C) groups is 1. The summed E-state index contributed by atoms with van der Waals surface area (Å²) in [5.74, 6) is 1.66. The zero-order valence-electron chi connectivity index (χ0n) is 15.9. The summed E-state index contributed by atoms with van der Waals surface area (Å²) in [5, 5.41) is 6.70. The Hall–Kier alpha value is -2.74. The van der Waals surface area contributed by atoms with Crippen molar-refractivity contribution in [2.45, 2.75) is 13.5 Å². The molecule has 3 rings (SSSR count). The predicted molar refractivity (Wildman–Crippen MR) is 108 cm³/mol. The maximum atomic E-state index is 4.61. The molecule has 0 amide bonds. The van der Waals surface area contributed by atoms with Crippen LogP contribution in [0.5, 0.6) is 0 Å². The summed E-state index contributed by atoms with van der Waals surface area (Å²) in [6.45, 7) is 9.27. The molecular weight excluding hydrogens is 340 g/mol. The summed E-state index contributed by atoms with van der Waals surface area (Å²) in [5.41, 5.74) is 0.967. The van der Waals surface area contributed by atoms with E-state index in [1.165, 1.54) is 0 Å². The van der Waals surface area contributed by atoms with Gasteiger partial charge in [-0.3, -0.25) is 9.88 Å². The average Bonchev–Trinajstić information content (AvgIpc) is 2.74. The molecule has 27 heavy (non-hydrogen) atoms. The molecule has 0 spiro atoms. The quantitative estimate of drug-likeness (QED) is 0.551. The van der Waals surface area contributed by atoms with E-state index in [4.69, 9.17) is 0 Å². The van der Waals surface area contributed by atoms with Crippen LogP contribution in [-0.4, -0.2) is 71.6 Å². The van der Waals surface area contributed by atoms with Crippen LogP contribution in [0.1, 0.15) is 12.6 Å². The molecular formula is C19H28N8. The number of rotatable bonds is 7. The van der Waals surface area contributed by atoms with E-state index in [1.807, 2.05) is 24.3 Å². The number of nitrogens with one attached hydrogen (secondary N) is 2. The van der Waals surface area contributed by atoms with Crippen molar-refractivity contribution in [2.75, 3.05) is 50.7 Å². The second kappa shape index (κ2) is 10.4. The molecule has 1 aliphatic heterocycles. The van der Waals surface area contributed by atoms with Crippen LogP contribution in [0, 0.1) is 0 Å². The highest BCUT2D eigenvalue weighted by Crippen LogP contribution is 2.09. The second-order valence-electron chi connectivity index (χ2n) is 6.32. The Kier molecular flexibility index (Phi) is 7.34. The van der Waals surface area contributed by atoms with Crippen LogP contribution in [-0.2, 0) is 6.54 Å². The molecule has 8 heteroatoms. The van der Waals surface area contributed by atoms with Crippen LogP contribution in [0.15, 0.2) is 47.8 Å². The average molecular weight is 368 g/mol. The minimum atomic E-state index is 0.575. The van der Waals surface area contributed by atoms with E-state index in [0.29, 0.717) is 6.54 Å². The molecule has 1 aliphatic rings. The Labute approximate surface area is 160 Å². The molecule has 0 saturated carbocycles. The highest BCUT2D eigenvalue weighted by Gasteiger charge is 2.18. The van der Waals surface area contributed by atoms with Crippen molar-refractivity contribution in [3.63, 3.8) is 0 Å². The second-order valence-corrected chi connectivity index (χ2v) is 6.32. The van der Waals surface area contributed by atoms with Crippen molar-refractivity contribution in [1.29, 1.82) is 0 Å². The number of hydrogen-bond donors (Lipinski definition) is 2. The monoisotopic (exact) mass is 368 g/mol. The van der Waals surface area contributed by atoms with Gasteiger partial charge in [0.25, 0.3) is 0 Å². The van der Waals surface area contributed by atoms with Crippen LogP contribution in [0.4, 0.5) is 5.95 Å². The van der Waals surface area contributed by atoms with Gasteiger partial charge in [-0.25, -0.2) is 15.0 Å². The normalized spacial score (nSPS) is 15.6. The van der Waals surface area contributed by atoms with E-state index >= 15 is 0 Å². The minimum Gasteiger partial charge on any atom is -0.357 e. The molecule has 0 unspecified atom stereocenters. The summed E-state index contributed by atoms with van der Waals surface area (Å²) >= 11 is 0. The number of guanidine groups is 1. The van der Waals surface area contributed by atoms with Gasteiger partial charge in [0.15, 0.2) is 5.96 Å². The summed E-state index contributed by atoms with van der Waals surface area (Å²) in [4.78, 5) is 22.3. The molecule has 0 aromatic carbocycles. The fourth-order valence-electron chi connectivity index (χ4n) is 2.95. The van der Waals surface area contributed by atoms with Gasteiger partial charge < -0.3 is 15.5 Å². The Morgan fingerprint density at radius 2 is 1.78 bits per heavy atom. The molecule has 2 N–H and O–H groups in total. The van der Waals surface area contributed by atoms with Crippen molar-refractivity contribution in [3.8, 4) is 0 Å². The van der Waals surface area contributed by atoms with Gasteiger partial charge in [-0.15, -0.1) is 0 Å². The van der Waals surface area contributed by atoms with E-state index in [9.17, 15) is 0 Å². The number of anilines is 1. The van der Waals surface area contributed by atoms with Gasteiger partial charge >= 0.3 is 0 Å². The third-order valence-corrected chi connectivity index (χ3v) is 4.40. The van der Waals surface area contributed by atoms with Crippen molar-refractivity contribution in [1.82, 2.24) is 30.5 Å². The topological polar surface area (TPSA) is 81.6 Å². The number of nitrogens with zero attached hydrogens (tertiary/aromatic N) is 6. The van der Waals surface area contributed by atoms with Crippen molar-refractivity contribution in [3.05, 3.63) is 48.5 Å². The zero-order valence-corrected chi connectivity index (χ0v) is 15.9. The van der Waals surface area contributed by atoms with Gasteiger partial charge in [0, 0.05) is 64.4 Å². The maximum absolute atomic E-state index is 4.61. The standard InChI is InChI=1S/C19H28N8/c1-2-20-18(25-16-17-6-3-4-7-21-17)22-10-11-26-12-14-27(15-13-26)19-23-8-5-9-24-19/h3-9H,2,10-16H2,1H3,(H2,20,22,25). The number of pyridine rings is 1. The van der Waals surface area contributed by atoms with Crippen molar-refractivity contribution in [2.24, 2.45) is 4.99 Å². The summed E-state index contributed by atoms with van der Waals surface area (Å²) in [7, 11) is 0. The first-order valence-electron chi connectivity index (χ1n) is 9.51. The molecule has 1 fully saturated rings. The van der Waals surface area contributed by atoms with E-state index in [1.54, 1.807) is 18.6 Å². The van der Waals surface area contributed by atoms with Crippen LogP contribution < -0.4 is 15.5 Å². The van der Waals surface area contributed by atoms with Crippen molar-refractivity contribution < 1.29 is 0 Å². The first-order valence-corrected chi connectivity index (χ1v) is 9.51. The highest BCUT2D eigenvalue weighted by atomic mass is 15.3. The first kappa shape index (κ1) is 19.0. The van der Waals surface area contributed by atoms with E-state index in [2.05, 4.69) is 47.3 Å². The Balaban J connectivity index is 1.40. The van der Waals surface area contributed by atoms with Crippen LogP contribution in [0.3, 0.4) is 0 Å². The molecule has 0 bridgehead atoms. The largest absolute Gasteiger partial charge is 0.357 e. The fourth-order valence-corrected chi connectivity index (χ4v) is 2.95. The molecule has 0 atom stereocenters. The Morgan fingerprint density at radius 1 is 1.00 bits per heavy atom. The number of aromatic nitrogens is 3. The molecule has 2 aromatic rings. The lowest BCUT2D eigenvalue weighted by Gasteiger charge is -2.34. The van der Waals surface area contributed by atoms with Gasteiger partial charge in [-0.05, 0) is 25.1 Å². The summed E-state index contributed by atoms with van der Waals surface area (Å²) in [6, 6.07) is 7.74. The third kappa shape index (κ3) is 6.18. The fraction of sp³-hybridized carbons (Fsp3) is 0.474. The lowest BCUT2D eigenvalue weighted by atomic mass is 10.3. The van der Waals surface area contributed by atoms with Gasteiger partial charge in [-0.2, -0.15) is 0 Å². The minimum absolute atomic E-state index is 0.575. The maximum Gasteiger partial charge on any atom is 0.225 e. The van der Waals surface area contributed by atoms with Crippen LogP contribution in [0.2, 0.25) is 0 Å². The third-order valence-electron chi connectivity index (χ3n) is 4.40. The van der Waals surface area contributed by atoms with E-state index in [-0.39, 0.29) is 0 Å². The van der Waals surface area contributed by atoms with Gasteiger partial charge in [0.2, 0.25) is 5.95 Å². The van der Waals surface area contributed by atoms with E-state index < -0.39 is 0 Å². The first-order chi connectivity index (χ1) is 13.3. The molecule has 1 saturated heterocycles. The van der Waals surface area contributed by atoms with Crippen LogP contribution in [0.25, 0.3) is 0 Å². The van der Waals surface area contributed by atoms with Crippen LogP contribution >= 0.6 is 0 Å². The van der Waals surface area contributed by atoms with Crippen molar-refractivity contribution >= 4 is 11.9 Å². The lowest BCUT2D eigenvalue weighted by molar-refractivity contribution is 0.260. The molecule has 3 heterocycles. The summed E-state index contributed by atoms with van der Waals surface area (Å²) in [6.07, 6.45) is 5.39. The highest BCUT2D eigenvalue weighted by molar-refractivity contribution is 5.79. The zero-order chi connectivity index (χ0) is 18.7. The number of hydrogen-bond acceptors (Lipinski definition) is 6. The SMILES string of the molecule is CCNC(=NCc1ccccn1)NCCN1CCN(c2ncccn2)CC1. The lowest BCUT2D eigenvalue weighted by Crippen LogP contribution is -2.49. The summed E-state index contributed by atoms with van der Waals surface area (Å²) < 4.78 is 0. The predicted octanol–water partition coefficient (Wildman–Crippen LogP) is 0.749. The van der Waals surface area contributed by atoms with Gasteiger partial charge in [0.1, 0.15) is 0 Å². The molecule has 0 aliphatic carbocycles.